The zero-order valence-corrected chi connectivity index (χ0v) is 10.6. The molecule has 104 valence electrons. The zero-order chi connectivity index (χ0) is 14.7. The Bertz CT molecular complexity index is 591. The number of rotatable bonds is 3. The molecular formula is C13H12N2O5. The van der Waals surface area contributed by atoms with Crippen LogP contribution in [0.3, 0.4) is 0 Å². The lowest BCUT2D eigenvalue weighted by molar-refractivity contribution is -0.143. The first-order chi connectivity index (χ1) is 9.51. The number of nitrogens with one attached hydrogen (secondary N) is 1. The van der Waals surface area contributed by atoms with E-state index in [1.165, 1.54) is 25.3 Å². The van der Waals surface area contributed by atoms with Gasteiger partial charge in [-0.3, -0.25) is 9.59 Å². The van der Waals surface area contributed by atoms with Gasteiger partial charge >= 0.3 is 12.0 Å². The van der Waals surface area contributed by atoms with Gasteiger partial charge in [-0.25, -0.2) is 9.69 Å². The van der Waals surface area contributed by atoms with Crippen LogP contribution in [0.25, 0.3) is 6.08 Å². The number of hydrogen-bond donors (Lipinski definition) is 2. The molecule has 0 radical (unpaired) electrons. The summed E-state index contributed by atoms with van der Waals surface area (Å²) in [6.45, 7) is -0.436. The Hall–Kier alpha value is -2.83. The second kappa shape index (κ2) is 5.43. The highest BCUT2D eigenvalue weighted by atomic mass is 16.5. The van der Waals surface area contributed by atoms with Gasteiger partial charge in [0.2, 0.25) is 0 Å². The molecular weight excluding hydrogens is 264 g/mol. The summed E-state index contributed by atoms with van der Waals surface area (Å²) in [5.41, 5.74) is 0.691. The van der Waals surface area contributed by atoms with E-state index in [1.54, 1.807) is 12.1 Å². The van der Waals surface area contributed by atoms with E-state index in [9.17, 15) is 14.4 Å². The number of benzene rings is 1. The summed E-state index contributed by atoms with van der Waals surface area (Å²) < 4.78 is 4.42. The van der Waals surface area contributed by atoms with Gasteiger partial charge in [0.05, 0.1) is 7.11 Å². The highest BCUT2D eigenvalue weighted by molar-refractivity contribution is 6.15. The van der Waals surface area contributed by atoms with Crippen molar-refractivity contribution in [2.24, 2.45) is 0 Å². The topological polar surface area (TPSA) is 95.9 Å². The lowest BCUT2D eigenvalue weighted by Crippen LogP contribution is -2.36. The number of esters is 1. The van der Waals surface area contributed by atoms with Gasteiger partial charge in [-0.15, -0.1) is 0 Å². The Morgan fingerprint density at radius 1 is 1.35 bits per heavy atom. The number of nitrogens with zero attached hydrogens (tertiary/aromatic N) is 1. The molecule has 1 aliphatic heterocycles. The van der Waals surface area contributed by atoms with Crippen molar-refractivity contribution < 1.29 is 24.2 Å². The monoisotopic (exact) mass is 276 g/mol. The van der Waals surface area contributed by atoms with Gasteiger partial charge in [-0.2, -0.15) is 0 Å². The number of phenols is 1. The van der Waals surface area contributed by atoms with E-state index in [4.69, 9.17) is 5.11 Å². The van der Waals surface area contributed by atoms with Crippen LogP contribution in [0.5, 0.6) is 5.75 Å². The molecule has 20 heavy (non-hydrogen) atoms. The number of methoxy groups -OCH3 is 1. The minimum atomic E-state index is -0.681. The Morgan fingerprint density at radius 2 is 2.00 bits per heavy atom. The first-order valence-electron chi connectivity index (χ1n) is 5.71. The van der Waals surface area contributed by atoms with Crippen molar-refractivity contribution in [3.63, 3.8) is 0 Å². The first kappa shape index (κ1) is 13.6. The zero-order valence-electron chi connectivity index (χ0n) is 10.6. The fraction of sp³-hybridized carbons (Fsp3) is 0.154. The van der Waals surface area contributed by atoms with Gasteiger partial charge in [0, 0.05) is 0 Å². The third-order valence-corrected chi connectivity index (χ3v) is 2.68. The van der Waals surface area contributed by atoms with Crippen molar-refractivity contribution >= 4 is 24.0 Å². The summed E-state index contributed by atoms with van der Waals surface area (Å²) in [5.74, 6) is -1.19. The third kappa shape index (κ3) is 2.77. The number of imide groups is 1. The van der Waals surface area contributed by atoms with Crippen LogP contribution in [0.15, 0.2) is 30.0 Å². The number of hydrogen-bond acceptors (Lipinski definition) is 5. The number of urea groups is 1. The summed E-state index contributed by atoms with van der Waals surface area (Å²) in [7, 11) is 1.17. The van der Waals surface area contributed by atoms with Gasteiger partial charge in [0.15, 0.2) is 0 Å². The molecule has 1 aromatic carbocycles. The summed E-state index contributed by atoms with van der Waals surface area (Å²) >= 11 is 0. The van der Waals surface area contributed by atoms with Crippen LogP contribution in [0.4, 0.5) is 4.79 Å². The van der Waals surface area contributed by atoms with Gasteiger partial charge in [-0.05, 0) is 23.8 Å². The predicted octanol–water partition coefficient (Wildman–Crippen LogP) is 0.458. The van der Waals surface area contributed by atoms with E-state index in [2.05, 4.69) is 10.1 Å². The van der Waals surface area contributed by atoms with Crippen LogP contribution in [-0.4, -0.2) is 41.6 Å². The third-order valence-electron chi connectivity index (χ3n) is 2.68. The number of carbonyl (C=O) groups is 3. The summed E-state index contributed by atoms with van der Waals surface area (Å²) in [4.78, 5) is 35.4. The molecule has 0 bridgehead atoms. The maximum absolute atomic E-state index is 12.0. The van der Waals surface area contributed by atoms with Crippen molar-refractivity contribution in [3.05, 3.63) is 35.5 Å². The number of ether oxygens (including phenoxy) is 1. The molecule has 1 aliphatic rings. The lowest BCUT2D eigenvalue weighted by atomic mass is 10.2. The predicted molar refractivity (Wildman–Crippen MR) is 68.3 cm³/mol. The molecule has 0 unspecified atom stereocenters. The Labute approximate surface area is 114 Å². The quantitative estimate of drug-likeness (QED) is 0.475. The first-order valence-corrected chi connectivity index (χ1v) is 5.71. The Kier molecular flexibility index (Phi) is 3.69. The maximum Gasteiger partial charge on any atom is 0.329 e. The van der Waals surface area contributed by atoms with Gasteiger partial charge < -0.3 is 15.2 Å². The van der Waals surface area contributed by atoms with Crippen LogP contribution in [0, 0.1) is 0 Å². The smallest absolute Gasteiger partial charge is 0.329 e. The summed E-state index contributed by atoms with van der Waals surface area (Å²) in [6, 6.07) is 5.42. The van der Waals surface area contributed by atoms with Gasteiger partial charge in [0.1, 0.15) is 18.0 Å². The molecule has 2 N–H and O–H groups in total. The molecule has 0 saturated carbocycles. The van der Waals surface area contributed by atoms with Gasteiger partial charge in [0.25, 0.3) is 5.91 Å². The Morgan fingerprint density at radius 3 is 2.60 bits per heavy atom. The molecule has 0 spiro atoms. The van der Waals surface area contributed by atoms with Crippen molar-refractivity contribution in [3.8, 4) is 5.75 Å². The average Bonchev–Trinajstić information content (AvgIpc) is 2.69. The van der Waals surface area contributed by atoms with Crippen LogP contribution >= 0.6 is 0 Å². The Balaban J connectivity index is 2.19. The number of carbonyl (C=O) groups excluding carboxylic acids is 3. The van der Waals surface area contributed by atoms with E-state index >= 15 is 0 Å². The molecule has 7 heteroatoms. The summed E-state index contributed by atoms with van der Waals surface area (Å²) in [5, 5.41) is 11.5. The molecule has 1 saturated heterocycles. The van der Waals surface area contributed by atoms with Crippen LogP contribution in [0.2, 0.25) is 0 Å². The second-order valence-corrected chi connectivity index (χ2v) is 4.05. The molecule has 0 atom stereocenters. The average molecular weight is 276 g/mol. The van der Waals surface area contributed by atoms with Crippen LogP contribution in [0.1, 0.15) is 5.56 Å². The standard InChI is InChI=1S/C13H12N2O5/c1-20-11(17)7-15-12(18)10(14-13(15)19)6-8-2-4-9(16)5-3-8/h2-6,16H,7H2,1H3,(H,14,19)/b10-6-. The fourth-order valence-corrected chi connectivity index (χ4v) is 1.65. The SMILES string of the molecule is COC(=O)CN1C(=O)N/C(=C\c2ccc(O)cc2)C1=O. The lowest BCUT2D eigenvalue weighted by Gasteiger charge is -2.08. The molecule has 1 fully saturated rings. The highest BCUT2D eigenvalue weighted by Gasteiger charge is 2.35. The van der Waals surface area contributed by atoms with Crippen molar-refractivity contribution in [1.29, 1.82) is 0 Å². The molecule has 0 aromatic heterocycles. The van der Waals surface area contributed by atoms with Crippen LogP contribution < -0.4 is 5.32 Å². The summed E-state index contributed by atoms with van der Waals surface area (Å²) in [6.07, 6.45) is 1.46. The van der Waals surface area contributed by atoms with E-state index in [-0.39, 0.29) is 11.4 Å². The largest absolute Gasteiger partial charge is 0.508 e. The molecule has 0 aliphatic carbocycles. The fourth-order valence-electron chi connectivity index (χ4n) is 1.65. The normalized spacial score (nSPS) is 16.4. The van der Waals surface area contributed by atoms with E-state index in [0.717, 1.165) is 4.90 Å². The molecule has 1 aromatic rings. The van der Waals surface area contributed by atoms with Crippen molar-refractivity contribution in [2.75, 3.05) is 13.7 Å². The molecule has 3 amide bonds. The van der Waals surface area contributed by atoms with E-state index in [1.807, 2.05) is 0 Å². The molecule has 2 rings (SSSR count). The number of phenolic OH excluding ortho intramolecular Hbond substituents is 1. The van der Waals surface area contributed by atoms with E-state index < -0.39 is 24.5 Å². The number of aromatic hydroxyl groups is 1. The minimum Gasteiger partial charge on any atom is -0.508 e. The van der Waals surface area contributed by atoms with Crippen molar-refractivity contribution in [1.82, 2.24) is 10.2 Å². The number of amides is 3. The molecule has 7 nitrogen and oxygen atoms in total. The second-order valence-electron chi connectivity index (χ2n) is 4.05. The van der Waals surface area contributed by atoms with E-state index in [0.29, 0.717) is 5.56 Å². The highest BCUT2D eigenvalue weighted by Crippen LogP contribution is 2.16. The minimum absolute atomic E-state index is 0.0598. The van der Waals surface area contributed by atoms with Gasteiger partial charge in [-0.1, -0.05) is 12.1 Å². The maximum atomic E-state index is 12.0. The molecule has 1 heterocycles. The van der Waals surface area contributed by atoms with Crippen LogP contribution in [-0.2, 0) is 14.3 Å². The van der Waals surface area contributed by atoms with Crippen molar-refractivity contribution in [2.45, 2.75) is 0 Å².